The van der Waals surface area contributed by atoms with Crippen molar-refractivity contribution in [3.63, 3.8) is 0 Å². The molecule has 1 unspecified atom stereocenters. The molecular weight excluding hydrogens is 290 g/mol. The van der Waals surface area contributed by atoms with Crippen molar-refractivity contribution >= 4 is 17.0 Å². The molecule has 0 bridgehead atoms. The van der Waals surface area contributed by atoms with E-state index in [1.165, 1.54) is 0 Å². The molecule has 1 N–H and O–H groups in total. The highest BCUT2D eigenvalue weighted by molar-refractivity contribution is 5.76. The van der Waals surface area contributed by atoms with Crippen molar-refractivity contribution in [1.82, 2.24) is 19.5 Å². The Morgan fingerprint density at radius 3 is 2.87 bits per heavy atom. The van der Waals surface area contributed by atoms with Gasteiger partial charge in [0.05, 0.1) is 23.3 Å². The van der Waals surface area contributed by atoms with Crippen molar-refractivity contribution in [1.29, 1.82) is 0 Å². The molecule has 0 saturated carbocycles. The van der Waals surface area contributed by atoms with Crippen molar-refractivity contribution < 1.29 is 4.42 Å². The van der Waals surface area contributed by atoms with E-state index in [2.05, 4.69) is 20.3 Å². The predicted molar refractivity (Wildman–Crippen MR) is 87.4 cm³/mol. The van der Waals surface area contributed by atoms with Gasteiger partial charge >= 0.3 is 0 Å². The molecule has 23 heavy (non-hydrogen) atoms. The fourth-order valence-corrected chi connectivity index (χ4v) is 2.50. The number of furan rings is 1. The van der Waals surface area contributed by atoms with Crippen molar-refractivity contribution in [3.05, 3.63) is 67.0 Å². The number of nitrogens with zero attached hydrogens (tertiary/aromatic N) is 4. The zero-order chi connectivity index (χ0) is 15.6. The third-order valence-electron chi connectivity index (χ3n) is 3.66. The summed E-state index contributed by atoms with van der Waals surface area (Å²) in [6.07, 6.45) is 5.16. The van der Waals surface area contributed by atoms with Crippen LogP contribution in [0.2, 0.25) is 0 Å². The Labute approximate surface area is 132 Å². The molecular formula is C17H15N5O. The number of rotatable bonds is 4. The molecule has 0 radical (unpaired) electrons. The third kappa shape index (κ3) is 2.55. The Bertz CT molecular complexity index is 929. The van der Waals surface area contributed by atoms with E-state index in [4.69, 9.17) is 4.42 Å². The number of nitrogens with one attached hydrogen (secondary N) is 1. The normalized spacial score (nSPS) is 12.4. The van der Waals surface area contributed by atoms with Crippen LogP contribution in [0.5, 0.6) is 0 Å². The van der Waals surface area contributed by atoms with Crippen LogP contribution >= 0.6 is 0 Å². The number of aromatic nitrogens is 4. The summed E-state index contributed by atoms with van der Waals surface area (Å²) in [5.41, 5.74) is 1.95. The average molecular weight is 305 g/mol. The van der Waals surface area contributed by atoms with E-state index >= 15 is 0 Å². The van der Waals surface area contributed by atoms with Crippen LogP contribution in [0.1, 0.15) is 18.7 Å². The smallest absolute Gasteiger partial charge is 0.225 e. The van der Waals surface area contributed by atoms with Crippen LogP contribution in [0.15, 0.2) is 65.7 Å². The van der Waals surface area contributed by atoms with Crippen LogP contribution in [-0.2, 0) is 0 Å². The van der Waals surface area contributed by atoms with Crippen LogP contribution in [0.3, 0.4) is 0 Å². The first-order chi connectivity index (χ1) is 11.3. The van der Waals surface area contributed by atoms with E-state index in [9.17, 15) is 0 Å². The van der Waals surface area contributed by atoms with E-state index in [-0.39, 0.29) is 6.04 Å². The zero-order valence-corrected chi connectivity index (χ0v) is 12.5. The van der Waals surface area contributed by atoms with Crippen molar-refractivity contribution in [3.8, 4) is 5.82 Å². The van der Waals surface area contributed by atoms with Gasteiger partial charge < -0.3 is 9.73 Å². The molecule has 6 heteroatoms. The highest BCUT2D eigenvalue weighted by atomic mass is 16.3. The molecule has 3 heterocycles. The molecule has 0 amide bonds. The minimum absolute atomic E-state index is 0.0141. The summed E-state index contributed by atoms with van der Waals surface area (Å²) in [5.74, 6) is 2.15. The maximum Gasteiger partial charge on any atom is 0.225 e. The summed E-state index contributed by atoms with van der Waals surface area (Å²) in [7, 11) is 0. The molecule has 0 spiro atoms. The molecule has 1 atom stereocenters. The van der Waals surface area contributed by atoms with Crippen LogP contribution in [0.25, 0.3) is 16.9 Å². The molecule has 0 aliphatic carbocycles. The molecule has 0 aliphatic rings. The van der Waals surface area contributed by atoms with Gasteiger partial charge in [0.2, 0.25) is 5.95 Å². The number of hydrogen-bond acceptors (Lipinski definition) is 5. The molecule has 0 saturated heterocycles. The second kappa shape index (κ2) is 5.57. The SMILES string of the molecule is CC(Nc1nccc(-n2cnc3ccccc32)n1)c1ccco1. The molecule has 1 aromatic carbocycles. The molecule has 0 fully saturated rings. The third-order valence-corrected chi connectivity index (χ3v) is 3.66. The standard InChI is InChI=1S/C17H15N5O/c1-12(15-7-4-10-23-15)20-17-18-9-8-16(21-17)22-11-19-13-5-2-3-6-14(13)22/h2-12H,1H3,(H,18,20,21). The Morgan fingerprint density at radius 2 is 2.00 bits per heavy atom. The van der Waals surface area contributed by atoms with Crippen LogP contribution in [0.4, 0.5) is 5.95 Å². The highest BCUT2D eigenvalue weighted by Gasteiger charge is 2.11. The Balaban J connectivity index is 1.66. The van der Waals surface area contributed by atoms with Gasteiger partial charge in [-0.15, -0.1) is 0 Å². The number of para-hydroxylation sites is 2. The second-order valence-corrected chi connectivity index (χ2v) is 5.22. The van der Waals surface area contributed by atoms with Crippen LogP contribution < -0.4 is 5.32 Å². The minimum Gasteiger partial charge on any atom is -0.467 e. The number of imidazole rings is 1. The number of benzene rings is 1. The molecule has 114 valence electrons. The Hall–Kier alpha value is -3.15. The Kier molecular flexibility index (Phi) is 3.27. The summed E-state index contributed by atoms with van der Waals surface area (Å²) in [4.78, 5) is 13.2. The summed E-state index contributed by atoms with van der Waals surface area (Å²) in [6.45, 7) is 2.00. The zero-order valence-electron chi connectivity index (χ0n) is 12.5. The van der Waals surface area contributed by atoms with Gasteiger partial charge in [-0.3, -0.25) is 4.57 Å². The van der Waals surface area contributed by atoms with E-state index in [0.29, 0.717) is 5.95 Å². The van der Waals surface area contributed by atoms with Gasteiger partial charge in [0, 0.05) is 6.20 Å². The summed E-state index contributed by atoms with van der Waals surface area (Å²) < 4.78 is 7.34. The monoisotopic (exact) mass is 305 g/mol. The maximum atomic E-state index is 5.39. The molecule has 0 aliphatic heterocycles. The van der Waals surface area contributed by atoms with Gasteiger partial charge in [0.15, 0.2) is 0 Å². The fraction of sp³-hybridized carbons (Fsp3) is 0.118. The lowest BCUT2D eigenvalue weighted by atomic mass is 10.2. The van der Waals surface area contributed by atoms with E-state index in [0.717, 1.165) is 22.6 Å². The van der Waals surface area contributed by atoms with Gasteiger partial charge in [-0.25, -0.2) is 9.97 Å². The summed E-state index contributed by atoms with van der Waals surface area (Å²) in [5, 5.41) is 3.24. The second-order valence-electron chi connectivity index (χ2n) is 5.22. The number of fused-ring (bicyclic) bond motifs is 1. The maximum absolute atomic E-state index is 5.39. The number of hydrogen-bond donors (Lipinski definition) is 1. The first kappa shape index (κ1) is 13.5. The summed E-state index contributed by atoms with van der Waals surface area (Å²) >= 11 is 0. The quantitative estimate of drug-likeness (QED) is 0.624. The molecule has 4 aromatic rings. The van der Waals surface area contributed by atoms with Crippen LogP contribution in [0, 0.1) is 0 Å². The van der Waals surface area contributed by atoms with E-state index in [1.807, 2.05) is 54.0 Å². The van der Waals surface area contributed by atoms with Crippen molar-refractivity contribution in [2.45, 2.75) is 13.0 Å². The molecule has 4 rings (SSSR count). The molecule has 3 aromatic heterocycles. The Morgan fingerprint density at radius 1 is 1.09 bits per heavy atom. The lowest BCUT2D eigenvalue weighted by Gasteiger charge is -2.12. The topological polar surface area (TPSA) is 68.8 Å². The summed E-state index contributed by atoms with van der Waals surface area (Å²) in [6, 6.07) is 13.6. The minimum atomic E-state index is -0.0141. The lowest BCUT2D eigenvalue weighted by Crippen LogP contribution is -2.10. The van der Waals surface area contributed by atoms with Gasteiger partial charge in [-0.05, 0) is 37.3 Å². The predicted octanol–water partition coefficient (Wildman–Crippen LogP) is 3.58. The van der Waals surface area contributed by atoms with Gasteiger partial charge in [-0.1, -0.05) is 12.1 Å². The van der Waals surface area contributed by atoms with E-state index < -0.39 is 0 Å². The van der Waals surface area contributed by atoms with Gasteiger partial charge in [0.25, 0.3) is 0 Å². The average Bonchev–Trinajstić information content (AvgIpc) is 3.25. The van der Waals surface area contributed by atoms with Gasteiger partial charge in [-0.2, -0.15) is 4.98 Å². The molecule has 6 nitrogen and oxygen atoms in total. The highest BCUT2D eigenvalue weighted by Crippen LogP contribution is 2.19. The first-order valence-corrected chi connectivity index (χ1v) is 7.37. The van der Waals surface area contributed by atoms with E-state index in [1.54, 1.807) is 18.8 Å². The van der Waals surface area contributed by atoms with Crippen molar-refractivity contribution in [2.75, 3.05) is 5.32 Å². The largest absolute Gasteiger partial charge is 0.467 e. The van der Waals surface area contributed by atoms with Crippen LogP contribution in [-0.4, -0.2) is 19.5 Å². The number of anilines is 1. The lowest BCUT2D eigenvalue weighted by molar-refractivity contribution is 0.489. The first-order valence-electron chi connectivity index (χ1n) is 7.37. The van der Waals surface area contributed by atoms with Crippen molar-refractivity contribution in [2.24, 2.45) is 0 Å². The fourth-order valence-electron chi connectivity index (χ4n) is 2.50. The van der Waals surface area contributed by atoms with Gasteiger partial charge in [0.1, 0.15) is 17.9 Å².